The third kappa shape index (κ3) is 2.63. The molecule has 2 rings (SSSR count). The van der Waals surface area contributed by atoms with Gasteiger partial charge in [0.2, 0.25) is 0 Å². The summed E-state index contributed by atoms with van der Waals surface area (Å²) >= 11 is 0. The van der Waals surface area contributed by atoms with Crippen LogP contribution in [-0.4, -0.2) is 29.0 Å². The Hall–Kier alpha value is -1.58. The van der Waals surface area contributed by atoms with E-state index < -0.39 is 5.82 Å². The van der Waals surface area contributed by atoms with Crippen molar-refractivity contribution < 1.29 is 14.3 Å². The van der Waals surface area contributed by atoms with Gasteiger partial charge in [0.15, 0.2) is 0 Å². The predicted octanol–water partition coefficient (Wildman–Crippen LogP) is 2.65. The van der Waals surface area contributed by atoms with Crippen molar-refractivity contribution in [1.82, 2.24) is 4.90 Å². The van der Waals surface area contributed by atoms with Crippen molar-refractivity contribution in [3.8, 4) is 5.75 Å². The van der Waals surface area contributed by atoms with Crippen LogP contribution < -0.4 is 0 Å². The maximum absolute atomic E-state index is 13.1. The highest BCUT2D eigenvalue weighted by Gasteiger charge is 2.27. The van der Waals surface area contributed by atoms with E-state index in [0.29, 0.717) is 24.9 Å². The Labute approximate surface area is 106 Å². The molecule has 0 aliphatic carbocycles. The summed E-state index contributed by atoms with van der Waals surface area (Å²) in [6, 6.07) is 3.47. The van der Waals surface area contributed by atoms with E-state index in [9.17, 15) is 14.3 Å². The highest BCUT2D eigenvalue weighted by atomic mass is 19.1. The summed E-state index contributed by atoms with van der Waals surface area (Å²) in [7, 11) is 0. The summed E-state index contributed by atoms with van der Waals surface area (Å²) in [6.45, 7) is 5.53. The predicted molar refractivity (Wildman–Crippen MR) is 66.9 cm³/mol. The SMILES string of the molecule is CC1CC(C)CN(C(=O)c2cc(F)ccc2O)C1. The fourth-order valence-corrected chi connectivity index (χ4v) is 2.68. The number of benzene rings is 1. The molecule has 1 aliphatic rings. The number of hydrogen-bond acceptors (Lipinski definition) is 2. The van der Waals surface area contributed by atoms with Gasteiger partial charge in [-0.15, -0.1) is 0 Å². The van der Waals surface area contributed by atoms with Crippen LogP contribution in [0, 0.1) is 17.7 Å². The molecule has 0 saturated carbocycles. The van der Waals surface area contributed by atoms with Crippen LogP contribution in [-0.2, 0) is 0 Å². The van der Waals surface area contributed by atoms with E-state index in [4.69, 9.17) is 0 Å². The molecule has 98 valence electrons. The van der Waals surface area contributed by atoms with Gasteiger partial charge in [-0.2, -0.15) is 0 Å². The zero-order chi connectivity index (χ0) is 13.3. The second-order valence-corrected chi connectivity index (χ2v) is 5.32. The maximum atomic E-state index is 13.1. The van der Waals surface area contributed by atoms with Gasteiger partial charge in [0.05, 0.1) is 5.56 Å². The molecular formula is C14H18FNO2. The highest BCUT2D eigenvalue weighted by Crippen LogP contribution is 2.25. The fourth-order valence-electron chi connectivity index (χ4n) is 2.68. The lowest BCUT2D eigenvalue weighted by molar-refractivity contribution is 0.0619. The fraction of sp³-hybridized carbons (Fsp3) is 0.500. The van der Waals surface area contributed by atoms with E-state index in [0.717, 1.165) is 18.6 Å². The van der Waals surface area contributed by atoms with Crippen LogP contribution in [0.2, 0.25) is 0 Å². The van der Waals surface area contributed by atoms with Crippen molar-refractivity contribution in [2.45, 2.75) is 20.3 Å². The molecule has 1 heterocycles. The number of carbonyl (C=O) groups excluding carboxylic acids is 1. The van der Waals surface area contributed by atoms with E-state index in [1.807, 2.05) is 0 Å². The van der Waals surface area contributed by atoms with Gasteiger partial charge in [0.25, 0.3) is 5.91 Å². The molecule has 2 unspecified atom stereocenters. The number of phenols is 1. The van der Waals surface area contributed by atoms with E-state index in [-0.39, 0.29) is 17.2 Å². The monoisotopic (exact) mass is 251 g/mol. The Morgan fingerprint density at radius 1 is 1.33 bits per heavy atom. The number of piperidine rings is 1. The summed E-state index contributed by atoms with van der Waals surface area (Å²) in [5, 5.41) is 9.65. The number of nitrogens with zero attached hydrogens (tertiary/aromatic N) is 1. The number of likely N-dealkylation sites (tertiary alicyclic amines) is 1. The molecule has 4 heteroatoms. The van der Waals surface area contributed by atoms with E-state index >= 15 is 0 Å². The second-order valence-electron chi connectivity index (χ2n) is 5.32. The van der Waals surface area contributed by atoms with Crippen molar-refractivity contribution in [2.24, 2.45) is 11.8 Å². The third-order valence-electron chi connectivity index (χ3n) is 3.35. The molecule has 1 amide bonds. The molecule has 0 radical (unpaired) electrons. The van der Waals surface area contributed by atoms with Gasteiger partial charge in [-0.05, 0) is 36.5 Å². The van der Waals surface area contributed by atoms with Crippen molar-refractivity contribution >= 4 is 5.91 Å². The summed E-state index contributed by atoms with van der Waals surface area (Å²) in [5.41, 5.74) is 0.0521. The van der Waals surface area contributed by atoms with Crippen LogP contribution >= 0.6 is 0 Å². The standard InChI is InChI=1S/C14H18FNO2/c1-9-5-10(2)8-16(7-9)14(18)12-6-11(15)3-4-13(12)17/h3-4,6,9-10,17H,5,7-8H2,1-2H3. The minimum absolute atomic E-state index is 0.0521. The maximum Gasteiger partial charge on any atom is 0.257 e. The van der Waals surface area contributed by atoms with Crippen LogP contribution in [0.15, 0.2) is 18.2 Å². The Balaban J connectivity index is 2.22. The lowest BCUT2D eigenvalue weighted by Crippen LogP contribution is -2.42. The molecule has 1 aromatic rings. The zero-order valence-corrected chi connectivity index (χ0v) is 10.7. The average Bonchev–Trinajstić information content (AvgIpc) is 2.30. The van der Waals surface area contributed by atoms with Crippen molar-refractivity contribution in [3.63, 3.8) is 0 Å². The first kappa shape index (κ1) is 12.9. The Kier molecular flexibility index (Phi) is 3.55. The van der Waals surface area contributed by atoms with Crippen molar-refractivity contribution in [3.05, 3.63) is 29.6 Å². The molecule has 1 fully saturated rings. The Bertz CT molecular complexity index is 451. The van der Waals surface area contributed by atoms with Gasteiger partial charge in [0, 0.05) is 13.1 Å². The van der Waals surface area contributed by atoms with Crippen LogP contribution in [0.3, 0.4) is 0 Å². The van der Waals surface area contributed by atoms with Gasteiger partial charge in [-0.25, -0.2) is 4.39 Å². The molecule has 3 nitrogen and oxygen atoms in total. The van der Waals surface area contributed by atoms with Crippen LogP contribution in [0.4, 0.5) is 4.39 Å². The average molecular weight is 251 g/mol. The molecule has 1 aliphatic heterocycles. The number of amides is 1. The number of halogens is 1. The lowest BCUT2D eigenvalue weighted by atomic mass is 9.91. The molecule has 2 atom stereocenters. The third-order valence-corrected chi connectivity index (χ3v) is 3.35. The van der Waals surface area contributed by atoms with Gasteiger partial charge in [-0.3, -0.25) is 4.79 Å². The van der Waals surface area contributed by atoms with Crippen LogP contribution in [0.1, 0.15) is 30.6 Å². The van der Waals surface area contributed by atoms with E-state index in [1.54, 1.807) is 4.90 Å². The molecule has 0 aromatic heterocycles. The first-order valence-electron chi connectivity index (χ1n) is 6.25. The number of hydrogen-bond donors (Lipinski definition) is 1. The number of carbonyl (C=O) groups is 1. The first-order chi connectivity index (χ1) is 8.47. The topological polar surface area (TPSA) is 40.5 Å². The van der Waals surface area contributed by atoms with Gasteiger partial charge in [0.1, 0.15) is 11.6 Å². The van der Waals surface area contributed by atoms with Crippen molar-refractivity contribution in [1.29, 1.82) is 0 Å². The van der Waals surface area contributed by atoms with Gasteiger partial charge >= 0.3 is 0 Å². The number of phenolic OH excluding ortho intramolecular Hbond substituents is 1. The molecule has 18 heavy (non-hydrogen) atoms. The summed E-state index contributed by atoms with van der Waals surface area (Å²) < 4.78 is 13.1. The number of aromatic hydroxyl groups is 1. The lowest BCUT2D eigenvalue weighted by Gasteiger charge is -2.35. The Morgan fingerprint density at radius 3 is 2.56 bits per heavy atom. The van der Waals surface area contributed by atoms with Crippen molar-refractivity contribution in [2.75, 3.05) is 13.1 Å². The molecule has 1 saturated heterocycles. The first-order valence-corrected chi connectivity index (χ1v) is 6.25. The minimum Gasteiger partial charge on any atom is -0.507 e. The molecule has 1 N–H and O–H groups in total. The normalized spacial score (nSPS) is 24.1. The minimum atomic E-state index is -0.505. The summed E-state index contributed by atoms with van der Waals surface area (Å²) in [5.74, 6) is -0.0752. The van der Waals surface area contributed by atoms with E-state index in [1.165, 1.54) is 6.07 Å². The molecule has 0 spiro atoms. The summed E-state index contributed by atoms with van der Waals surface area (Å²) in [6.07, 6.45) is 1.10. The van der Waals surface area contributed by atoms with E-state index in [2.05, 4.69) is 13.8 Å². The van der Waals surface area contributed by atoms with Crippen LogP contribution in [0.5, 0.6) is 5.75 Å². The second kappa shape index (κ2) is 4.96. The molecular weight excluding hydrogens is 233 g/mol. The Morgan fingerprint density at radius 2 is 1.94 bits per heavy atom. The van der Waals surface area contributed by atoms with Crippen LogP contribution in [0.25, 0.3) is 0 Å². The van der Waals surface area contributed by atoms with Gasteiger partial charge < -0.3 is 10.0 Å². The number of rotatable bonds is 1. The quantitative estimate of drug-likeness (QED) is 0.833. The largest absolute Gasteiger partial charge is 0.507 e. The zero-order valence-electron chi connectivity index (χ0n) is 10.7. The smallest absolute Gasteiger partial charge is 0.257 e. The molecule has 1 aromatic carbocycles. The molecule has 0 bridgehead atoms. The van der Waals surface area contributed by atoms with Gasteiger partial charge in [-0.1, -0.05) is 13.8 Å². The highest BCUT2D eigenvalue weighted by molar-refractivity contribution is 5.96. The summed E-state index contributed by atoms with van der Waals surface area (Å²) in [4.78, 5) is 14.0.